The van der Waals surface area contributed by atoms with Crippen molar-refractivity contribution in [3.8, 4) is 5.75 Å². The number of carboxylic acids is 1. The molecule has 0 heterocycles. The molecule has 0 aliphatic carbocycles. The van der Waals surface area contributed by atoms with Gasteiger partial charge in [0.15, 0.2) is 0 Å². The highest BCUT2D eigenvalue weighted by Crippen LogP contribution is 2.33. The van der Waals surface area contributed by atoms with E-state index in [1.807, 2.05) is 13.8 Å². The average molecular weight is 287 g/mol. The van der Waals surface area contributed by atoms with Gasteiger partial charge in [-0.15, -0.1) is 0 Å². The molecule has 0 saturated heterocycles. The van der Waals surface area contributed by atoms with E-state index < -0.39 is 11.9 Å². The molecule has 16 heavy (non-hydrogen) atoms. The predicted octanol–water partition coefficient (Wildman–Crippen LogP) is 3.28. The fraction of sp³-hybridized carbons (Fsp3) is 0.417. The Morgan fingerprint density at radius 2 is 2.06 bits per heavy atom. The molecule has 0 spiro atoms. The fourth-order valence-electron chi connectivity index (χ4n) is 1.66. The van der Waals surface area contributed by atoms with E-state index in [0.717, 1.165) is 10.0 Å². The first-order valence-electron chi connectivity index (χ1n) is 5.03. The van der Waals surface area contributed by atoms with E-state index >= 15 is 0 Å². The van der Waals surface area contributed by atoms with Gasteiger partial charge in [-0.2, -0.15) is 0 Å². The molecule has 0 fully saturated rings. The van der Waals surface area contributed by atoms with Crippen molar-refractivity contribution in [1.82, 2.24) is 0 Å². The zero-order valence-electron chi connectivity index (χ0n) is 9.53. The van der Waals surface area contributed by atoms with E-state index in [4.69, 9.17) is 4.74 Å². The first kappa shape index (κ1) is 13.0. The zero-order chi connectivity index (χ0) is 12.3. The maximum atomic E-state index is 11.2. The number of carbonyl (C=O) groups is 1. The van der Waals surface area contributed by atoms with Gasteiger partial charge in [0.25, 0.3) is 0 Å². The number of ether oxygens (including phenoxy) is 1. The van der Waals surface area contributed by atoms with E-state index in [1.165, 1.54) is 0 Å². The molecule has 0 aliphatic heterocycles. The summed E-state index contributed by atoms with van der Waals surface area (Å²) in [6, 6.07) is 5.35. The molecular formula is C12H15BrO3. The molecule has 88 valence electrons. The van der Waals surface area contributed by atoms with Crippen LogP contribution in [0, 0.1) is 5.92 Å². The number of methoxy groups -OCH3 is 1. The van der Waals surface area contributed by atoms with Gasteiger partial charge in [-0.3, -0.25) is 4.79 Å². The number of hydrogen-bond donors (Lipinski definition) is 1. The van der Waals surface area contributed by atoms with Crippen LogP contribution in [0.15, 0.2) is 22.7 Å². The van der Waals surface area contributed by atoms with Crippen LogP contribution in [0.1, 0.15) is 25.3 Å². The van der Waals surface area contributed by atoms with Gasteiger partial charge in [0.2, 0.25) is 0 Å². The zero-order valence-corrected chi connectivity index (χ0v) is 11.1. The molecule has 0 aromatic heterocycles. The third-order valence-corrected chi connectivity index (χ3v) is 3.16. The van der Waals surface area contributed by atoms with Gasteiger partial charge in [-0.05, 0) is 23.6 Å². The quantitative estimate of drug-likeness (QED) is 0.924. The standard InChI is InChI=1S/C12H15BrO3/c1-7(2)11(12(14)15)9-5-4-8(16-3)6-10(9)13/h4-7,11H,1-3H3,(H,14,15). The predicted molar refractivity (Wildman–Crippen MR) is 65.9 cm³/mol. The summed E-state index contributed by atoms with van der Waals surface area (Å²) < 4.78 is 5.84. The SMILES string of the molecule is COc1ccc(C(C(=O)O)C(C)C)c(Br)c1. The Balaban J connectivity index is 3.15. The number of aliphatic carboxylic acids is 1. The Morgan fingerprint density at radius 3 is 2.44 bits per heavy atom. The number of hydrogen-bond acceptors (Lipinski definition) is 2. The summed E-state index contributed by atoms with van der Waals surface area (Å²) in [6.07, 6.45) is 0. The van der Waals surface area contributed by atoms with Gasteiger partial charge in [0.1, 0.15) is 5.75 Å². The summed E-state index contributed by atoms with van der Waals surface area (Å²) in [6.45, 7) is 3.80. The van der Waals surface area contributed by atoms with Gasteiger partial charge in [0.05, 0.1) is 13.0 Å². The lowest BCUT2D eigenvalue weighted by Gasteiger charge is -2.18. The topological polar surface area (TPSA) is 46.5 Å². The normalized spacial score (nSPS) is 12.6. The minimum absolute atomic E-state index is 0.0437. The van der Waals surface area contributed by atoms with Crippen molar-refractivity contribution in [2.45, 2.75) is 19.8 Å². The van der Waals surface area contributed by atoms with Crippen LogP contribution in [-0.2, 0) is 4.79 Å². The molecule has 0 amide bonds. The van der Waals surface area contributed by atoms with Crippen LogP contribution < -0.4 is 4.74 Å². The summed E-state index contributed by atoms with van der Waals surface area (Å²) in [4.78, 5) is 11.2. The van der Waals surface area contributed by atoms with Crippen molar-refractivity contribution < 1.29 is 14.6 Å². The van der Waals surface area contributed by atoms with Crippen molar-refractivity contribution in [2.24, 2.45) is 5.92 Å². The van der Waals surface area contributed by atoms with Gasteiger partial charge in [-0.1, -0.05) is 35.8 Å². The maximum absolute atomic E-state index is 11.2. The van der Waals surface area contributed by atoms with Crippen LogP contribution in [0.25, 0.3) is 0 Å². The number of carboxylic acid groups (broad SMARTS) is 1. The second-order valence-electron chi connectivity index (χ2n) is 3.95. The Kier molecular flexibility index (Phi) is 4.35. The summed E-state index contributed by atoms with van der Waals surface area (Å²) >= 11 is 3.38. The molecule has 1 rings (SSSR count). The molecule has 1 atom stereocenters. The first-order valence-corrected chi connectivity index (χ1v) is 5.83. The molecule has 4 heteroatoms. The maximum Gasteiger partial charge on any atom is 0.311 e. The molecule has 0 radical (unpaired) electrons. The van der Waals surface area contributed by atoms with Gasteiger partial charge < -0.3 is 9.84 Å². The molecule has 3 nitrogen and oxygen atoms in total. The third-order valence-electron chi connectivity index (χ3n) is 2.48. The summed E-state index contributed by atoms with van der Waals surface area (Å²) in [5.41, 5.74) is 0.781. The number of halogens is 1. The van der Waals surface area contributed by atoms with E-state index in [1.54, 1.807) is 25.3 Å². The Bertz CT molecular complexity index is 388. The van der Waals surface area contributed by atoms with E-state index in [0.29, 0.717) is 5.75 Å². The molecule has 0 bridgehead atoms. The number of rotatable bonds is 4. The summed E-state index contributed by atoms with van der Waals surface area (Å²) in [5, 5.41) is 9.20. The summed E-state index contributed by atoms with van der Waals surface area (Å²) in [7, 11) is 1.58. The Hall–Kier alpha value is -1.03. The Labute approximate surface area is 104 Å². The first-order chi connectivity index (χ1) is 7.47. The largest absolute Gasteiger partial charge is 0.497 e. The van der Waals surface area contributed by atoms with Crippen molar-refractivity contribution in [3.63, 3.8) is 0 Å². The van der Waals surface area contributed by atoms with Gasteiger partial charge in [-0.25, -0.2) is 0 Å². The Morgan fingerprint density at radius 1 is 1.44 bits per heavy atom. The van der Waals surface area contributed by atoms with Crippen molar-refractivity contribution in [3.05, 3.63) is 28.2 Å². The van der Waals surface area contributed by atoms with Gasteiger partial charge in [0, 0.05) is 4.47 Å². The summed E-state index contributed by atoms with van der Waals surface area (Å²) in [5.74, 6) is -0.549. The molecule has 0 saturated carbocycles. The van der Waals surface area contributed by atoms with Crippen LogP contribution in [0.3, 0.4) is 0 Å². The van der Waals surface area contributed by atoms with Crippen LogP contribution in [-0.4, -0.2) is 18.2 Å². The van der Waals surface area contributed by atoms with Crippen molar-refractivity contribution >= 4 is 21.9 Å². The lowest BCUT2D eigenvalue weighted by Crippen LogP contribution is -2.17. The van der Waals surface area contributed by atoms with Crippen LogP contribution in [0.5, 0.6) is 5.75 Å². The van der Waals surface area contributed by atoms with E-state index in [-0.39, 0.29) is 5.92 Å². The lowest BCUT2D eigenvalue weighted by molar-refractivity contribution is -0.139. The van der Waals surface area contributed by atoms with Crippen LogP contribution in [0.4, 0.5) is 0 Å². The van der Waals surface area contributed by atoms with Crippen molar-refractivity contribution in [2.75, 3.05) is 7.11 Å². The van der Waals surface area contributed by atoms with E-state index in [2.05, 4.69) is 15.9 Å². The highest BCUT2D eigenvalue weighted by atomic mass is 79.9. The molecule has 1 unspecified atom stereocenters. The van der Waals surface area contributed by atoms with Crippen LogP contribution in [0.2, 0.25) is 0 Å². The highest BCUT2D eigenvalue weighted by Gasteiger charge is 2.25. The molecule has 1 aromatic carbocycles. The third kappa shape index (κ3) is 2.76. The number of benzene rings is 1. The minimum Gasteiger partial charge on any atom is -0.497 e. The molecule has 1 N–H and O–H groups in total. The second kappa shape index (κ2) is 5.34. The highest BCUT2D eigenvalue weighted by molar-refractivity contribution is 9.10. The van der Waals surface area contributed by atoms with Gasteiger partial charge >= 0.3 is 5.97 Å². The second-order valence-corrected chi connectivity index (χ2v) is 4.80. The van der Waals surface area contributed by atoms with Crippen LogP contribution >= 0.6 is 15.9 Å². The lowest BCUT2D eigenvalue weighted by atomic mass is 9.88. The monoisotopic (exact) mass is 286 g/mol. The minimum atomic E-state index is -0.805. The smallest absolute Gasteiger partial charge is 0.311 e. The average Bonchev–Trinajstić information content (AvgIpc) is 2.19. The molecule has 0 aliphatic rings. The molecule has 1 aromatic rings. The fourth-order valence-corrected chi connectivity index (χ4v) is 2.27. The van der Waals surface area contributed by atoms with Crippen molar-refractivity contribution in [1.29, 1.82) is 0 Å². The van der Waals surface area contributed by atoms with E-state index in [9.17, 15) is 9.90 Å². The molecular weight excluding hydrogens is 272 g/mol.